The van der Waals surface area contributed by atoms with Crippen LogP contribution in [0.15, 0.2) is 0 Å². The molecule has 4 nitrogen and oxygen atoms in total. The van der Waals surface area contributed by atoms with Crippen molar-refractivity contribution in [3.8, 4) is 0 Å². The van der Waals surface area contributed by atoms with Crippen LogP contribution in [-0.4, -0.2) is 23.9 Å². The fourth-order valence-corrected chi connectivity index (χ4v) is 3.24. The van der Waals surface area contributed by atoms with Crippen LogP contribution in [-0.2, 0) is 9.59 Å². The van der Waals surface area contributed by atoms with Gasteiger partial charge in [0, 0.05) is 12.5 Å². The number of hydrogen-bond acceptors (Lipinski definition) is 2. The Morgan fingerprint density at radius 2 is 1.72 bits per heavy atom. The van der Waals surface area contributed by atoms with E-state index < -0.39 is 5.54 Å². The molecule has 0 saturated heterocycles. The second kappa shape index (κ2) is 5.72. The van der Waals surface area contributed by atoms with Gasteiger partial charge < -0.3 is 10.6 Å². The van der Waals surface area contributed by atoms with E-state index in [1.807, 2.05) is 6.92 Å². The molecule has 0 spiro atoms. The summed E-state index contributed by atoms with van der Waals surface area (Å²) < 4.78 is 0. The van der Waals surface area contributed by atoms with Crippen molar-refractivity contribution in [3.05, 3.63) is 0 Å². The molecule has 0 aromatic rings. The monoisotopic (exact) mass is 252 g/mol. The first-order chi connectivity index (χ1) is 8.68. The van der Waals surface area contributed by atoms with E-state index in [1.54, 1.807) is 0 Å². The predicted molar refractivity (Wildman–Crippen MR) is 70.0 cm³/mol. The van der Waals surface area contributed by atoms with Crippen molar-refractivity contribution in [2.24, 2.45) is 5.92 Å². The Balaban J connectivity index is 2.01. The molecule has 0 heterocycles. The summed E-state index contributed by atoms with van der Waals surface area (Å²) in [6, 6.07) is 0. The number of nitrogens with one attached hydrogen (secondary N) is 2. The summed E-state index contributed by atoms with van der Waals surface area (Å²) in [5.74, 6) is 0.242. The first-order valence-corrected chi connectivity index (χ1v) is 7.28. The zero-order valence-electron chi connectivity index (χ0n) is 11.3. The topological polar surface area (TPSA) is 58.2 Å². The first-order valence-electron chi connectivity index (χ1n) is 7.28. The molecule has 2 N–H and O–H groups in total. The summed E-state index contributed by atoms with van der Waals surface area (Å²) >= 11 is 0. The van der Waals surface area contributed by atoms with Crippen molar-refractivity contribution in [1.82, 2.24) is 10.6 Å². The van der Waals surface area contributed by atoms with Crippen LogP contribution >= 0.6 is 0 Å². The zero-order valence-corrected chi connectivity index (χ0v) is 11.3. The molecule has 0 aromatic carbocycles. The molecule has 2 saturated carbocycles. The van der Waals surface area contributed by atoms with Crippen molar-refractivity contribution < 1.29 is 9.59 Å². The molecule has 0 unspecified atom stereocenters. The number of hydrogen-bond donors (Lipinski definition) is 2. The van der Waals surface area contributed by atoms with E-state index in [9.17, 15) is 9.59 Å². The molecule has 2 aliphatic carbocycles. The molecule has 2 fully saturated rings. The maximum Gasteiger partial charge on any atom is 0.245 e. The van der Waals surface area contributed by atoms with E-state index in [4.69, 9.17) is 0 Å². The van der Waals surface area contributed by atoms with Crippen molar-refractivity contribution in [3.63, 3.8) is 0 Å². The summed E-state index contributed by atoms with van der Waals surface area (Å²) in [5.41, 5.74) is -0.615. The standard InChI is InChI=1S/C14H24N2O2/c1-2-15-13(18)14(9-5-6-10-14)16-12(17)11-7-3-4-8-11/h11H,2-10H2,1H3,(H,15,18)(H,16,17). The van der Waals surface area contributed by atoms with Crippen LogP contribution in [0.4, 0.5) is 0 Å². The van der Waals surface area contributed by atoms with Crippen molar-refractivity contribution in [2.45, 2.75) is 63.8 Å². The maximum atomic E-state index is 12.2. The lowest BCUT2D eigenvalue weighted by atomic mass is 9.94. The van der Waals surface area contributed by atoms with E-state index in [0.29, 0.717) is 6.54 Å². The normalized spacial score (nSPS) is 22.9. The van der Waals surface area contributed by atoms with Gasteiger partial charge in [-0.05, 0) is 32.6 Å². The molecular weight excluding hydrogens is 228 g/mol. The number of carbonyl (C=O) groups is 2. The summed E-state index contributed by atoms with van der Waals surface area (Å²) in [6.45, 7) is 2.54. The van der Waals surface area contributed by atoms with Gasteiger partial charge in [0.05, 0.1) is 0 Å². The van der Waals surface area contributed by atoms with Gasteiger partial charge in [-0.15, -0.1) is 0 Å². The van der Waals surface area contributed by atoms with Crippen LogP contribution in [0.2, 0.25) is 0 Å². The fraction of sp³-hybridized carbons (Fsp3) is 0.857. The second-order valence-corrected chi connectivity index (χ2v) is 5.62. The lowest BCUT2D eigenvalue weighted by Gasteiger charge is -2.30. The van der Waals surface area contributed by atoms with Crippen molar-refractivity contribution >= 4 is 11.8 Å². The third-order valence-corrected chi connectivity index (χ3v) is 4.32. The molecule has 102 valence electrons. The molecule has 4 heteroatoms. The van der Waals surface area contributed by atoms with Gasteiger partial charge in [0.15, 0.2) is 0 Å². The second-order valence-electron chi connectivity index (χ2n) is 5.62. The van der Waals surface area contributed by atoms with E-state index in [0.717, 1.165) is 51.4 Å². The molecule has 0 aliphatic heterocycles. The highest BCUT2D eigenvalue weighted by molar-refractivity contribution is 5.92. The average molecular weight is 252 g/mol. The summed E-state index contributed by atoms with van der Waals surface area (Å²) in [4.78, 5) is 24.4. The summed E-state index contributed by atoms with van der Waals surface area (Å²) in [6.07, 6.45) is 7.89. The van der Waals surface area contributed by atoms with Crippen LogP contribution in [0.1, 0.15) is 58.3 Å². The first kappa shape index (κ1) is 13.4. The van der Waals surface area contributed by atoms with Gasteiger partial charge in [0.1, 0.15) is 5.54 Å². The largest absolute Gasteiger partial charge is 0.354 e. The summed E-state index contributed by atoms with van der Waals surface area (Å²) in [7, 11) is 0. The van der Waals surface area contributed by atoms with Gasteiger partial charge >= 0.3 is 0 Å². The van der Waals surface area contributed by atoms with Gasteiger partial charge in [-0.2, -0.15) is 0 Å². The Kier molecular flexibility index (Phi) is 4.25. The van der Waals surface area contributed by atoms with Gasteiger partial charge in [-0.3, -0.25) is 9.59 Å². The Labute approximate surface area is 109 Å². The Morgan fingerprint density at radius 1 is 1.11 bits per heavy atom. The number of rotatable bonds is 4. The van der Waals surface area contributed by atoms with Crippen LogP contribution < -0.4 is 10.6 Å². The van der Waals surface area contributed by atoms with Gasteiger partial charge in [0.25, 0.3) is 0 Å². The van der Waals surface area contributed by atoms with Gasteiger partial charge in [-0.25, -0.2) is 0 Å². The van der Waals surface area contributed by atoms with Gasteiger partial charge in [0.2, 0.25) is 11.8 Å². The zero-order chi connectivity index (χ0) is 13.0. The number of likely N-dealkylation sites (N-methyl/N-ethyl adjacent to an activating group) is 1. The molecule has 18 heavy (non-hydrogen) atoms. The Morgan fingerprint density at radius 3 is 2.28 bits per heavy atom. The van der Waals surface area contributed by atoms with Gasteiger partial charge in [-0.1, -0.05) is 25.7 Å². The number of amides is 2. The smallest absolute Gasteiger partial charge is 0.245 e. The minimum atomic E-state index is -0.615. The highest BCUT2D eigenvalue weighted by Gasteiger charge is 2.43. The quantitative estimate of drug-likeness (QED) is 0.800. The lowest BCUT2D eigenvalue weighted by molar-refractivity contribution is -0.135. The minimum Gasteiger partial charge on any atom is -0.354 e. The molecule has 2 amide bonds. The molecule has 0 bridgehead atoms. The number of carbonyl (C=O) groups excluding carboxylic acids is 2. The van der Waals surface area contributed by atoms with Crippen LogP contribution in [0.5, 0.6) is 0 Å². The van der Waals surface area contributed by atoms with Crippen molar-refractivity contribution in [2.75, 3.05) is 6.54 Å². The van der Waals surface area contributed by atoms with Crippen molar-refractivity contribution in [1.29, 1.82) is 0 Å². The minimum absolute atomic E-state index is 0.00819. The van der Waals surface area contributed by atoms with Crippen LogP contribution in [0, 0.1) is 5.92 Å². The molecule has 2 rings (SSSR count). The highest BCUT2D eigenvalue weighted by Crippen LogP contribution is 2.32. The maximum absolute atomic E-state index is 12.2. The molecule has 2 aliphatic rings. The lowest BCUT2D eigenvalue weighted by Crippen LogP contribution is -2.58. The van der Waals surface area contributed by atoms with E-state index in [2.05, 4.69) is 10.6 Å². The predicted octanol–water partition coefficient (Wildman–Crippen LogP) is 1.74. The highest BCUT2D eigenvalue weighted by atomic mass is 16.2. The Bertz CT molecular complexity index is 316. The molecular formula is C14H24N2O2. The average Bonchev–Trinajstić information content (AvgIpc) is 3.00. The fourth-order valence-electron chi connectivity index (χ4n) is 3.24. The van der Waals surface area contributed by atoms with E-state index in [1.165, 1.54) is 0 Å². The molecule has 0 atom stereocenters. The van der Waals surface area contributed by atoms with Crippen LogP contribution in [0.25, 0.3) is 0 Å². The summed E-state index contributed by atoms with van der Waals surface area (Å²) in [5, 5.41) is 5.94. The molecule has 0 radical (unpaired) electrons. The Hall–Kier alpha value is -1.06. The van der Waals surface area contributed by atoms with Crippen LogP contribution in [0.3, 0.4) is 0 Å². The molecule has 0 aromatic heterocycles. The third kappa shape index (κ3) is 2.68. The van der Waals surface area contributed by atoms with E-state index >= 15 is 0 Å². The SMILES string of the molecule is CCNC(=O)C1(NC(=O)C2CCCC2)CCCC1. The third-order valence-electron chi connectivity index (χ3n) is 4.32. The van der Waals surface area contributed by atoms with E-state index in [-0.39, 0.29) is 17.7 Å².